The number of fused-ring (bicyclic) bond motifs is 1. The number of nitro groups is 1. The highest BCUT2D eigenvalue weighted by molar-refractivity contribution is 9.09. The van der Waals surface area contributed by atoms with Crippen LogP contribution >= 0.6 is 15.9 Å². The lowest BCUT2D eigenvalue weighted by Crippen LogP contribution is -2.41. The molecule has 2 aromatic rings. The first-order chi connectivity index (χ1) is 11.1. The number of ether oxygens (including phenoxy) is 1. The van der Waals surface area contributed by atoms with Gasteiger partial charge in [0.2, 0.25) is 0 Å². The van der Waals surface area contributed by atoms with Gasteiger partial charge < -0.3 is 9.64 Å². The number of nitrogens with zero attached hydrogens (tertiary/aromatic N) is 2. The van der Waals surface area contributed by atoms with E-state index < -0.39 is 10.7 Å². The van der Waals surface area contributed by atoms with E-state index in [-0.39, 0.29) is 17.5 Å². The number of halogens is 2. The first-order valence-corrected chi connectivity index (χ1v) is 8.20. The van der Waals surface area contributed by atoms with Gasteiger partial charge >= 0.3 is 0 Å². The molecule has 120 valence electrons. The van der Waals surface area contributed by atoms with Crippen LogP contribution in [0.25, 0.3) is 0 Å². The van der Waals surface area contributed by atoms with Gasteiger partial charge in [0.25, 0.3) is 5.69 Å². The molecule has 1 atom stereocenters. The molecule has 1 heterocycles. The third-order valence-electron chi connectivity index (χ3n) is 3.66. The number of alkyl halides is 1. The molecule has 0 radical (unpaired) electrons. The van der Waals surface area contributed by atoms with E-state index in [0.29, 0.717) is 24.1 Å². The van der Waals surface area contributed by atoms with Crippen molar-refractivity contribution in [2.45, 2.75) is 12.6 Å². The third-order valence-corrected chi connectivity index (χ3v) is 4.38. The SMILES string of the molecule is O=[N+]([O-])c1cc(F)c2c(c1)N(Cc1ccccc1)C[C@H](CBr)O2. The molecular weight excluding hydrogens is 367 g/mol. The zero-order valence-corrected chi connectivity index (χ0v) is 13.7. The van der Waals surface area contributed by atoms with Gasteiger partial charge in [-0.2, -0.15) is 0 Å². The van der Waals surface area contributed by atoms with E-state index in [1.165, 1.54) is 6.07 Å². The van der Waals surface area contributed by atoms with Crippen LogP contribution in [0.2, 0.25) is 0 Å². The fraction of sp³-hybridized carbons (Fsp3) is 0.250. The zero-order valence-electron chi connectivity index (χ0n) is 12.1. The van der Waals surface area contributed by atoms with Crippen LogP contribution in [-0.4, -0.2) is 22.9 Å². The maximum absolute atomic E-state index is 14.2. The Morgan fingerprint density at radius 1 is 1.35 bits per heavy atom. The Hall–Kier alpha value is -2.15. The largest absolute Gasteiger partial charge is 0.482 e. The topological polar surface area (TPSA) is 55.6 Å². The summed E-state index contributed by atoms with van der Waals surface area (Å²) in [6, 6.07) is 12.0. The summed E-state index contributed by atoms with van der Waals surface area (Å²) in [7, 11) is 0. The lowest BCUT2D eigenvalue weighted by Gasteiger charge is -2.35. The van der Waals surface area contributed by atoms with Gasteiger partial charge in [0, 0.05) is 17.9 Å². The highest BCUT2D eigenvalue weighted by Gasteiger charge is 2.30. The van der Waals surface area contributed by atoms with Crippen LogP contribution in [0.15, 0.2) is 42.5 Å². The molecular formula is C16H14BrFN2O3. The molecule has 0 fully saturated rings. The first-order valence-electron chi connectivity index (χ1n) is 7.08. The van der Waals surface area contributed by atoms with Crippen LogP contribution in [0.1, 0.15) is 5.56 Å². The van der Waals surface area contributed by atoms with Crippen LogP contribution in [0, 0.1) is 15.9 Å². The molecule has 5 nitrogen and oxygen atoms in total. The van der Waals surface area contributed by atoms with Crippen LogP contribution in [0.5, 0.6) is 5.75 Å². The molecule has 0 aromatic heterocycles. The summed E-state index contributed by atoms with van der Waals surface area (Å²) in [5.74, 6) is -0.639. The Morgan fingerprint density at radius 2 is 2.09 bits per heavy atom. The quantitative estimate of drug-likeness (QED) is 0.458. The standard InChI is InChI=1S/C16H14BrFN2O3/c17-8-13-10-19(9-11-4-2-1-3-5-11)15-7-12(20(21)22)6-14(18)16(15)23-13/h1-7,13H,8-10H2/t13-/m0/s1. The van der Waals surface area contributed by atoms with Crippen molar-refractivity contribution in [2.75, 3.05) is 16.8 Å². The van der Waals surface area contributed by atoms with Crippen molar-refractivity contribution in [1.82, 2.24) is 0 Å². The highest BCUT2D eigenvalue weighted by Crippen LogP contribution is 2.39. The van der Waals surface area contributed by atoms with Crippen molar-refractivity contribution in [3.63, 3.8) is 0 Å². The summed E-state index contributed by atoms with van der Waals surface area (Å²) in [6.07, 6.45) is -0.220. The molecule has 3 rings (SSSR count). The van der Waals surface area contributed by atoms with E-state index in [9.17, 15) is 14.5 Å². The third kappa shape index (κ3) is 3.29. The summed E-state index contributed by atoms with van der Waals surface area (Å²) in [6.45, 7) is 1.05. The smallest absolute Gasteiger partial charge is 0.274 e. The second-order valence-corrected chi connectivity index (χ2v) is 5.94. The number of rotatable bonds is 4. The van der Waals surface area contributed by atoms with Gasteiger partial charge in [-0.3, -0.25) is 10.1 Å². The second kappa shape index (κ2) is 6.54. The second-order valence-electron chi connectivity index (χ2n) is 5.29. The number of nitro benzene ring substituents is 1. The summed E-state index contributed by atoms with van der Waals surface area (Å²) >= 11 is 3.36. The van der Waals surface area contributed by atoms with Crippen LogP contribution < -0.4 is 9.64 Å². The molecule has 0 aliphatic carbocycles. The molecule has 0 amide bonds. The van der Waals surface area contributed by atoms with E-state index in [0.717, 1.165) is 11.6 Å². The maximum Gasteiger partial charge on any atom is 0.274 e. The molecule has 0 saturated carbocycles. The summed E-state index contributed by atoms with van der Waals surface area (Å²) in [5, 5.41) is 11.5. The van der Waals surface area contributed by atoms with E-state index in [4.69, 9.17) is 4.74 Å². The van der Waals surface area contributed by atoms with Crippen molar-refractivity contribution in [3.05, 3.63) is 64.0 Å². The van der Waals surface area contributed by atoms with Crippen molar-refractivity contribution >= 4 is 27.3 Å². The van der Waals surface area contributed by atoms with Crippen LogP contribution in [0.4, 0.5) is 15.8 Å². The molecule has 0 spiro atoms. The van der Waals surface area contributed by atoms with E-state index in [1.54, 1.807) is 0 Å². The van der Waals surface area contributed by atoms with Gasteiger partial charge in [0.05, 0.1) is 23.2 Å². The minimum Gasteiger partial charge on any atom is -0.482 e. The average Bonchev–Trinajstić information content (AvgIpc) is 2.56. The Bertz CT molecular complexity index is 727. The number of hydrogen-bond acceptors (Lipinski definition) is 4. The summed E-state index contributed by atoms with van der Waals surface area (Å²) in [4.78, 5) is 12.3. The average molecular weight is 381 g/mol. The molecule has 0 saturated heterocycles. The lowest BCUT2D eigenvalue weighted by molar-refractivity contribution is -0.385. The Kier molecular flexibility index (Phi) is 4.47. The van der Waals surface area contributed by atoms with Gasteiger partial charge in [0.1, 0.15) is 6.10 Å². The first kappa shape index (κ1) is 15.7. The Labute approximate surface area is 141 Å². The summed E-state index contributed by atoms with van der Waals surface area (Å²) < 4.78 is 19.9. The van der Waals surface area contributed by atoms with Crippen LogP contribution in [0.3, 0.4) is 0 Å². The van der Waals surface area contributed by atoms with Gasteiger partial charge in [-0.15, -0.1) is 0 Å². The van der Waals surface area contributed by atoms with Crippen LogP contribution in [-0.2, 0) is 6.54 Å². The zero-order chi connectivity index (χ0) is 16.4. The molecule has 7 heteroatoms. The summed E-state index contributed by atoms with van der Waals surface area (Å²) in [5.41, 5.74) is 1.18. The van der Waals surface area contributed by atoms with Gasteiger partial charge in [-0.05, 0) is 5.56 Å². The lowest BCUT2D eigenvalue weighted by atomic mass is 10.1. The highest BCUT2D eigenvalue weighted by atomic mass is 79.9. The number of benzene rings is 2. The monoisotopic (exact) mass is 380 g/mol. The predicted molar refractivity (Wildman–Crippen MR) is 88.8 cm³/mol. The van der Waals surface area contributed by atoms with Crippen molar-refractivity contribution < 1.29 is 14.1 Å². The van der Waals surface area contributed by atoms with E-state index >= 15 is 0 Å². The van der Waals surface area contributed by atoms with Crippen molar-refractivity contribution in [2.24, 2.45) is 0 Å². The number of hydrogen-bond donors (Lipinski definition) is 0. The Morgan fingerprint density at radius 3 is 2.74 bits per heavy atom. The molecule has 1 aliphatic rings. The maximum atomic E-state index is 14.2. The normalized spacial score (nSPS) is 16.6. The van der Waals surface area contributed by atoms with Gasteiger partial charge in [-0.25, -0.2) is 4.39 Å². The molecule has 2 aromatic carbocycles. The van der Waals surface area contributed by atoms with Crippen molar-refractivity contribution in [3.8, 4) is 5.75 Å². The van der Waals surface area contributed by atoms with Gasteiger partial charge in [0.15, 0.2) is 11.6 Å². The fourth-order valence-corrected chi connectivity index (χ4v) is 2.94. The van der Waals surface area contributed by atoms with Crippen molar-refractivity contribution in [1.29, 1.82) is 0 Å². The van der Waals surface area contributed by atoms with E-state index in [2.05, 4.69) is 15.9 Å². The molecule has 0 N–H and O–H groups in total. The molecule has 0 bridgehead atoms. The molecule has 0 unspecified atom stereocenters. The minimum absolute atomic E-state index is 0.0715. The molecule has 1 aliphatic heterocycles. The van der Waals surface area contributed by atoms with E-state index in [1.807, 2.05) is 35.2 Å². The molecule has 23 heavy (non-hydrogen) atoms. The predicted octanol–water partition coefficient (Wildman–Crippen LogP) is 3.90. The Balaban J connectivity index is 2.02. The van der Waals surface area contributed by atoms with Gasteiger partial charge in [-0.1, -0.05) is 46.3 Å². The fourth-order valence-electron chi connectivity index (χ4n) is 2.60. The number of non-ortho nitro benzene ring substituents is 1. The number of anilines is 1. The minimum atomic E-state index is -0.710.